The highest BCUT2D eigenvalue weighted by Crippen LogP contribution is 2.28. The van der Waals surface area contributed by atoms with E-state index in [1.165, 1.54) is 11.3 Å². The molecule has 0 unspecified atom stereocenters. The summed E-state index contributed by atoms with van der Waals surface area (Å²) in [5, 5.41) is 5.28. The van der Waals surface area contributed by atoms with Gasteiger partial charge in [-0.25, -0.2) is 0 Å². The van der Waals surface area contributed by atoms with Gasteiger partial charge in [0.25, 0.3) is 5.91 Å². The standard InChI is InChI=1S/C12H9ClINOS/c1-7-6-17-11(10(7)13)12(16)15-9-5-3-2-4-8(9)14/h2-6H,1H3,(H,15,16). The molecule has 1 heterocycles. The molecule has 0 spiro atoms. The van der Waals surface area contributed by atoms with Crippen molar-refractivity contribution >= 4 is 57.1 Å². The van der Waals surface area contributed by atoms with Crippen molar-refractivity contribution in [1.82, 2.24) is 0 Å². The zero-order valence-electron chi connectivity index (χ0n) is 8.96. The van der Waals surface area contributed by atoms with Gasteiger partial charge >= 0.3 is 0 Å². The number of carbonyl (C=O) groups excluding carboxylic acids is 1. The van der Waals surface area contributed by atoms with Gasteiger partial charge in [0.1, 0.15) is 4.88 Å². The summed E-state index contributed by atoms with van der Waals surface area (Å²) in [6, 6.07) is 7.63. The normalized spacial score (nSPS) is 10.3. The Bertz CT molecular complexity index is 567. The number of carbonyl (C=O) groups is 1. The van der Waals surface area contributed by atoms with Crippen LogP contribution in [-0.2, 0) is 0 Å². The molecule has 0 fully saturated rings. The molecule has 1 aromatic heterocycles. The SMILES string of the molecule is Cc1csc(C(=O)Nc2ccccc2I)c1Cl. The fourth-order valence-electron chi connectivity index (χ4n) is 1.32. The van der Waals surface area contributed by atoms with Gasteiger partial charge in [0, 0.05) is 3.57 Å². The molecule has 5 heteroatoms. The predicted octanol–water partition coefficient (Wildman–Crippen LogP) is 4.57. The lowest BCUT2D eigenvalue weighted by Gasteiger charge is -2.06. The molecular weight excluding hydrogens is 369 g/mol. The summed E-state index contributed by atoms with van der Waals surface area (Å²) in [5.41, 5.74) is 1.74. The number of thiophene rings is 1. The second kappa shape index (κ2) is 5.37. The molecule has 0 atom stereocenters. The van der Waals surface area contributed by atoms with Gasteiger partial charge in [0.15, 0.2) is 0 Å². The summed E-state index contributed by atoms with van der Waals surface area (Å²) in [5.74, 6) is -0.155. The molecule has 0 aliphatic carbocycles. The van der Waals surface area contributed by atoms with Gasteiger partial charge in [-0.1, -0.05) is 23.7 Å². The molecule has 1 N–H and O–H groups in total. The maximum atomic E-state index is 12.0. The smallest absolute Gasteiger partial charge is 0.267 e. The lowest BCUT2D eigenvalue weighted by molar-refractivity contribution is 0.103. The highest BCUT2D eigenvalue weighted by atomic mass is 127. The Morgan fingerprint density at radius 2 is 2.12 bits per heavy atom. The number of nitrogens with one attached hydrogen (secondary N) is 1. The molecule has 0 aliphatic rings. The van der Waals surface area contributed by atoms with Crippen molar-refractivity contribution in [3.8, 4) is 0 Å². The van der Waals surface area contributed by atoms with E-state index in [4.69, 9.17) is 11.6 Å². The number of anilines is 1. The quantitative estimate of drug-likeness (QED) is 0.763. The van der Waals surface area contributed by atoms with Crippen molar-refractivity contribution in [2.75, 3.05) is 5.32 Å². The van der Waals surface area contributed by atoms with Crippen LogP contribution in [0.4, 0.5) is 5.69 Å². The fourth-order valence-corrected chi connectivity index (χ4v) is 3.02. The number of para-hydroxylation sites is 1. The average molecular weight is 378 g/mol. The van der Waals surface area contributed by atoms with Crippen LogP contribution in [-0.4, -0.2) is 5.91 Å². The van der Waals surface area contributed by atoms with E-state index in [1.807, 2.05) is 36.6 Å². The molecular formula is C12H9ClINOS. The van der Waals surface area contributed by atoms with Crippen LogP contribution in [0, 0.1) is 10.5 Å². The summed E-state index contributed by atoms with van der Waals surface area (Å²) in [4.78, 5) is 12.6. The van der Waals surface area contributed by atoms with Crippen LogP contribution in [0.15, 0.2) is 29.6 Å². The Hall–Kier alpha value is -0.590. The van der Waals surface area contributed by atoms with Crippen LogP contribution in [0.25, 0.3) is 0 Å². The minimum absolute atomic E-state index is 0.155. The Labute approximate surface area is 122 Å². The minimum atomic E-state index is -0.155. The molecule has 2 aromatic rings. The zero-order valence-corrected chi connectivity index (χ0v) is 12.7. The van der Waals surface area contributed by atoms with E-state index in [9.17, 15) is 4.79 Å². The predicted molar refractivity (Wildman–Crippen MR) is 81.2 cm³/mol. The third-order valence-electron chi connectivity index (χ3n) is 2.23. The van der Waals surface area contributed by atoms with Crippen molar-refractivity contribution in [1.29, 1.82) is 0 Å². The summed E-state index contributed by atoms with van der Waals surface area (Å²) < 4.78 is 1.00. The molecule has 0 saturated carbocycles. The van der Waals surface area contributed by atoms with Crippen molar-refractivity contribution in [3.63, 3.8) is 0 Å². The van der Waals surface area contributed by atoms with Gasteiger partial charge in [0.2, 0.25) is 0 Å². The first-order valence-electron chi connectivity index (χ1n) is 4.89. The van der Waals surface area contributed by atoms with Gasteiger partial charge in [-0.2, -0.15) is 0 Å². The lowest BCUT2D eigenvalue weighted by atomic mass is 10.3. The molecule has 2 rings (SSSR count). The molecule has 17 heavy (non-hydrogen) atoms. The molecule has 2 nitrogen and oxygen atoms in total. The topological polar surface area (TPSA) is 29.1 Å². The first kappa shape index (κ1) is 12.9. The molecule has 1 aromatic carbocycles. The Kier molecular flexibility index (Phi) is 4.06. The highest BCUT2D eigenvalue weighted by molar-refractivity contribution is 14.1. The van der Waals surface area contributed by atoms with Crippen molar-refractivity contribution in [3.05, 3.63) is 48.7 Å². The van der Waals surface area contributed by atoms with Crippen LogP contribution in [0.2, 0.25) is 5.02 Å². The average Bonchev–Trinajstić information content (AvgIpc) is 2.63. The largest absolute Gasteiger partial charge is 0.320 e. The van der Waals surface area contributed by atoms with Crippen LogP contribution < -0.4 is 5.32 Å². The third kappa shape index (κ3) is 2.81. The van der Waals surface area contributed by atoms with Crippen LogP contribution in [0.3, 0.4) is 0 Å². The fraction of sp³-hybridized carbons (Fsp3) is 0.0833. The van der Waals surface area contributed by atoms with Crippen LogP contribution in [0.5, 0.6) is 0 Å². The monoisotopic (exact) mass is 377 g/mol. The van der Waals surface area contributed by atoms with E-state index in [2.05, 4.69) is 27.9 Å². The maximum absolute atomic E-state index is 12.0. The Balaban J connectivity index is 2.23. The van der Waals surface area contributed by atoms with E-state index in [1.54, 1.807) is 0 Å². The van der Waals surface area contributed by atoms with E-state index in [0.29, 0.717) is 9.90 Å². The first-order chi connectivity index (χ1) is 8.09. The number of hydrogen-bond acceptors (Lipinski definition) is 2. The molecule has 0 radical (unpaired) electrons. The molecule has 0 aliphatic heterocycles. The molecule has 0 saturated heterocycles. The minimum Gasteiger partial charge on any atom is -0.320 e. The summed E-state index contributed by atoms with van der Waals surface area (Å²) >= 11 is 9.60. The lowest BCUT2D eigenvalue weighted by Crippen LogP contribution is -2.11. The van der Waals surface area contributed by atoms with Crippen molar-refractivity contribution in [2.24, 2.45) is 0 Å². The van der Waals surface area contributed by atoms with Gasteiger partial charge in [-0.05, 0) is 52.6 Å². The molecule has 0 bridgehead atoms. The molecule has 88 valence electrons. The van der Waals surface area contributed by atoms with E-state index < -0.39 is 0 Å². The van der Waals surface area contributed by atoms with Gasteiger partial charge < -0.3 is 5.32 Å². The van der Waals surface area contributed by atoms with Crippen molar-refractivity contribution in [2.45, 2.75) is 6.92 Å². The van der Waals surface area contributed by atoms with Gasteiger partial charge in [-0.15, -0.1) is 11.3 Å². The van der Waals surface area contributed by atoms with E-state index >= 15 is 0 Å². The summed E-state index contributed by atoms with van der Waals surface area (Å²) in [6.45, 7) is 1.89. The molecule has 1 amide bonds. The van der Waals surface area contributed by atoms with Crippen molar-refractivity contribution < 1.29 is 4.79 Å². The van der Waals surface area contributed by atoms with E-state index in [0.717, 1.165) is 14.8 Å². The third-order valence-corrected chi connectivity index (χ3v) is 4.86. The van der Waals surface area contributed by atoms with Crippen LogP contribution >= 0.6 is 45.5 Å². The number of halogens is 2. The van der Waals surface area contributed by atoms with Gasteiger partial charge in [0.05, 0.1) is 10.7 Å². The summed E-state index contributed by atoms with van der Waals surface area (Å²) in [7, 11) is 0. The number of hydrogen-bond donors (Lipinski definition) is 1. The van der Waals surface area contributed by atoms with Gasteiger partial charge in [-0.3, -0.25) is 4.79 Å². The van der Waals surface area contributed by atoms with Crippen LogP contribution in [0.1, 0.15) is 15.2 Å². The second-order valence-electron chi connectivity index (χ2n) is 3.50. The maximum Gasteiger partial charge on any atom is 0.267 e. The number of aryl methyl sites for hydroxylation is 1. The Morgan fingerprint density at radius 3 is 2.71 bits per heavy atom. The zero-order chi connectivity index (χ0) is 12.4. The summed E-state index contributed by atoms with van der Waals surface area (Å²) in [6.07, 6.45) is 0. The first-order valence-corrected chi connectivity index (χ1v) is 7.22. The number of benzene rings is 1. The Morgan fingerprint density at radius 1 is 1.41 bits per heavy atom. The second-order valence-corrected chi connectivity index (χ2v) is 5.92. The van der Waals surface area contributed by atoms with E-state index in [-0.39, 0.29) is 5.91 Å². The number of rotatable bonds is 2. The highest BCUT2D eigenvalue weighted by Gasteiger charge is 2.15. The number of amides is 1.